The third-order valence-electron chi connectivity index (χ3n) is 4.49. The molecule has 1 aromatic heterocycles. The molecule has 0 N–H and O–H groups in total. The van der Waals surface area contributed by atoms with Crippen molar-refractivity contribution in [3.05, 3.63) is 17.8 Å². The van der Waals surface area contributed by atoms with Crippen LogP contribution in [0.1, 0.15) is 37.8 Å². The van der Waals surface area contributed by atoms with Crippen molar-refractivity contribution in [3.8, 4) is 6.07 Å². The van der Waals surface area contributed by atoms with Crippen LogP contribution in [-0.4, -0.2) is 47.3 Å². The molecule has 2 heterocycles. The van der Waals surface area contributed by atoms with Gasteiger partial charge in [-0.3, -0.25) is 4.90 Å². The number of rotatable bonds is 2. The van der Waals surface area contributed by atoms with E-state index in [4.69, 9.17) is 5.26 Å². The first-order valence-electron chi connectivity index (χ1n) is 7.59. The smallest absolute Gasteiger partial charge is 0.163 e. The third kappa shape index (κ3) is 2.91. The molecule has 0 amide bonds. The Balaban J connectivity index is 1.56. The second kappa shape index (κ2) is 6.19. The van der Waals surface area contributed by atoms with Crippen LogP contribution in [0.4, 0.5) is 5.82 Å². The molecule has 0 spiro atoms. The quantitative estimate of drug-likeness (QED) is 0.821. The maximum atomic E-state index is 8.75. The molecule has 0 atom stereocenters. The van der Waals surface area contributed by atoms with Gasteiger partial charge in [0.05, 0.1) is 0 Å². The Bertz CT molecular complexity index is 464. The summed E-state index contributed by atoms with van der Waals surface area (Å²) in [5, 5.41) is 16.8. The number of piperazine rings is 1. The zero-order valence-electron chi connectivity index (χ0n) is 11.8. The summed E-state index contributed by atoms with van der Waals surface area (Å²) < 4.78 is 0. The Hall–Kier alpha value is -1.67. The van der Waals surface area contributed by atoms with Crippen molar-refractivity contribution in [2.24, 2.45) is 0 Å². The summed E-state index contributed by atoms with van der Waals surface area (Å²) in [6.07, 6.45) is 6.95. The van der Waals surface area contributed by atoms with E-state index in [0.29, 0.717) is 5.69 Å². The Labute approximate surface area is 120 Å². The lowest BCUT2D eigenvalue weighted by atomic mass is 9.94. The van der Waals surface area contributed by atoms with Gasteiger partial charge in [0.2, 0.25) is 0 Å². The summed E-state index contributed by atoms with van der Waals surface area (Å²) in [7, 11) is 0. The molecule has 106 valence electrons. The zero-order valence-corrected chi connectivity index (χ0v) is 11.8. The van der Waals surface area contributed by atoms with Gasteiger partial charge in [-0.05, 0) is 25.0 Å². The normalized spacial score (nSPS) is 21.6. The number of anilines is 1. The average Bonchev–Trinajstić information content (AvgIpc) is 2.56. The second-order valence-corrected chi connectivity index (χ2v) is 5.70. The highest BCUT2D eigenvalue weighted by atomic mass is 15.3. The van der Waals surface area contributed by atoms with Crippen LogP contribution in [0.2, 0.25) is 0 Å². The molecule has 1 aliphatic heterocycles. The van der Waals surface area contributed by atoms with Gasteiger partial charge in [0.25, 0.3) is 0 Å². The fraction of sp³-hybridized carbons (Fsp3) is 0.667. The minimum Gasteiger partial charge on any atom is -0.353 e. The lowest BCUT2D eigenvalue weighted by Gasteiger charge is -2.41. The minimum absolute atomic E-state index is 0.384. The van der Waals surface area contributed by atoms with Crippen molar-refractivity contribution in [1.82, 2.24) is 15.1 Å². The van der Waals surface area contributed by atoms with E-state index in [0.717, 1.165) is 38.0 Å². The van der Waals surface area contributed by atoms with E-state index in [1.165, 1.54) is 32.1 Å². The van der Waals surface area contributed by atoms with Crippen molar-refractivity contribution in [2.45, 2.75) is 38.1 Å². The van der Waals surface area contributed by atoms with Crippen LogP contribution in [0.3, 0.4) is 0 Å². The fourth-order valence-corrected chi connectivity index (χ4v) is 3.32. The average molecular weight is 271 g/mol. The summed E-state index contributed by atoms with van der Waals surface area (Å²) >= 11 is 0. The Morgan fingerprint density at radius 1 is 1.00 bits per heavy atom. The first-order valence-corrected chi connectivity index (χ1v) is 7.59. The van der Waals surface area contributed by atoms with Crippen molar-refractivity contribution in [3.63, 3.8) is 0 Å². The highest BCUT2D eigenvalue weighted by Crippen LogP contribution is 2.24. The van der Waals surface area contributed by atoms with E-state index in [9.17, 15) is 0 Å². The van der Waals surface area contributed by atoms with Crippen molar-refractivity contribution >= 4 is 5.82 Å². The predicted octanol–water partition coefficient (Wildman–Crippen LogP) is 1.80. The lowest BCUT2D eigenvalue weighted by Crippen LogP contribution is -2.51. The van der Waals surface area contributed by atoms with Crippen molar-refractivity contribution < 1.29 is 0 Å². The standard InChI is InChI=1S/C15H21N5/c16-12-13-6-7-15(18-17-13)20-10-8-19(9-11-20)14-4-2-1-3-5-14/h6-7,14H,1-5,8-11H2. The Morgan fingerprint density at radius 2 is 1.75 bits per heavy atom. The maximum absolute atomic E-state index is 8.75. The van der Waals surface area contributed by atoms with E-state index in [1.807, 2.05) is 12.1 Å². The summed E-state index contributed by atoms with van der Waals surface area (Å²) in [5.74, 6) is 0.896. The van der Waals surface area contributed by atoms with Gasteiger partial charge in [0, 0.05) is 32.2 Å². The molecule has 1 saturated heterocycles. The minimum atomic E-state index is 0.384. The van der Waals surface area contributed by atoms with Gasteiger partial charge < -0.3 is 4.90 Å². The van der Waals surface area contributed by atoms with E-state index in [1.54, 1.807) is 6.07 Å². The summed E-state index contributed by atoms with van der Waals surface area (Å²) in [6.45, 7) is 4.26. The Kier molecular flexibility index (Phi) is 4.12. The first kappa shape index (κ1) is 13.3. The molecule has 2 fully saturated rings. The number of aromatic nitrogens is 2. The molecular formula is C15H21N5. The molecule has 5 nitrogen and oxygen atoms in total. The van der Waals surface area contributed by atoms with Crippen LogP contribution in [0.25, 0.3) is 0 Å². The third-order valence-corrected chi connectivity index (χ3v) is 4.49. The van der Waals surface area contributed by atoms with Gasteiger partial charge in [-0.15, -0.1) is 10.2 Å². The van der Waals surface area contributed by atoms with Crippen LogP contribution in [0, 0.1) is 11.3 Å². The van der Waals surface area contributed by atoms with Crippen LogP contribution in [0.5, 0.6) is 0 Å². The molecule has 0 bridgehead atoms. The van der Waals surface area contributed by atoms with Crippen LogP contribution in [0.15, 0.2) is 12.1 Å². The molecule has 0 aromatic carbocycles. The molecule has 0 unspecified atom stereocenters. The van der Waals surface area contributed by atoms with E-state index >= 15 is 0 Å². The number of nitrogens with zero attached hydrogens (tertiary/aromatic N) is 5. The maximum Gasteiger partial charge on any atom is 0.163 e. The van der Waals surface area contributed by atoms with Crippen LogP contribution < -0.4 is 4.90 Å². The largest absolute Gasteiger partial charge is 0.353 e. The van der Waals surface area contributed by atoms with Gasteiger partial charge in [0.1, 0.15) is 6.07 Å². The molecule has 2 aliphatic rings. The van der Waals surface area contributed by atoms with E-state index in [-0.39, 0.29) is 0 Å². The topological polar surface area (TPSA) is 56.1 Å². The van der Waals surface area contributed by atoms with E-state index < -0.39 is 0 Å². The molecule has 3 rings (SSSR count). The van der Waals surface area contributed by atoms with Gasteiger partial charge in [0.15, 0.2) is 11.5 Å². The number of hydrogen-bond acceptors (Lipinski definition) is 5. The van der Waals surface area contributed by atoms with Crippen LogP contribution >= 0.6 is 0 Å². The first-order chi connectivity index (χ1) is 9.86. The van der Waals surface area contributed by atoms with Crippen LogP contribution in [-0.2, 0) is 0 Å². The molecule has 5 heteroatoms. The summed E-state index contributed by atoms with van der Waals surface area (Å²) in [6, 6.07) is 6.46. The Morgan fingerprint density at radius 3 is 2.35 bits per heavy atom. The molecule has 1 saturated carbocycles. The second-order valence-electron chi connectivity index (χ2n) is 5.70. The SMILES string of the molecule is N#Cc1ccc(N2CCN(C3CCCCC3)CC2)nn1. The fourth-order valence-electron chi connectivity index (χ4n) is 3.32. The van der Waals surface area contributed by atoms with E-state index in [2.05, 4.69) is 20.0 Å². The molecule has 1 aromatic rings. The highest BCUT2D eigenvalue weighted by molar-refractivity contribution is 5.39. The van der Waals surface area contributed by atoms with Crippen molar-refractivity contribution in [2.75, 3.05) is 31.1 Å². The predicted molar refractivity (Wildman–Crippen MR) is 77.4 cm³/mol. The number of nitriles is 1. The van der Waals surface area contributed by atoms with Gasteiger partial charge >= 0.3 is 0 Å². The zero-order chi connectivity index (χ0) is 13.8. The summed E-state index contributed by atoms with van der Waals surface area (Å²) in [4.78, 5) is 4.92. The molecule has 20 heavy (non-hydrogen) atoms. The van der Waals surface area contributed by atoms with Gasteiger partial charge in [-0.1, -0.05) is 19.3 Å². The lowest BCUT2D eigenvalue weighted by molar-refractivity contribution is 0.147. The molecule has 0 radical (unpaired) electrons. The van der Waals surface area contributed by atoms with Gasteiger partial charge in [-0.2, -0.15) is 5.26 Å². The highest BCUT2D eigenvalue weighted by Gasteiger charge is 2.25. The van der Waals surface area contributed by atoms with Crippen molar-refractivity contribution in [1.29, 1.82) is 5.26 Å². The summed E-state index contributed by atoms with van der Waals surface area (Å²) in [5.41, 5.74) is 0.384. The molecule has 1 aliphatic carbocycles. The molecular weight excluding hydrogens is 250 g/mol. The number of hydrogen-bond donors (Lipinski definition) is 0. The van der Waals surface area contributed by atoms with Gasteiger partial charge in [-0.25, -0.2) is 0 Å². The monoisotopic (exact) mass is 271 g/mol.